The predicted octanol–water partition coefficient (Wildman–Crippen LogP) is 3.99. The summed E-state index contributed by atoms with van der Waals surface area (Å²) in [5.41, 5.74) is 6.58. The number of pyridine rings is 1. The molecule has 2 rings (SSSR count). The number of methoxy groups -OCH3 is 2. The summed E-state index contributed by atoms with van der Waals surface area (Å²) in [5.74, 6) is 1.72. The van der Waals surface area contributed by atoms with Crippen LogP contribution in [-0.2, 0) is 17.8 Å². The average molecular weight is 394 g/mol. The second-order valence-corrected chi connectivity index (χ2v) is 6.20. The van der Waals surface area contributed by atoms with Gasteiger partial charge in [-0.05, 0) is 44.0 Å². The summed E-state index contributed by atoms with van der Waals surface area (Å²) < 4.78 is 16.4. The molecule has 0 aliphatic heterocycles. The van der Waals surface area contributed by atoms with E-state index < -0.39 is 0 Å². The van der Waals surface area contributed by atoms with Crippen molar-refractivity contribution in [2.45, 2.75) is 26.9 Å². The highest BCUT2D eigenvalue weighted by molar-refractivity contribution is 5.82. The predicted molar refractivity (Wildman–Crippen MR) is 114 cm³/mol. The van der Waals surface area contributed by atoms with Crippen molar-refractivity contribution in [3.63, 3.8) is 0 Å². The molecule has 0 saturated heterocycles. The minimum Gasteiger partial charge on any atom is -0.493 e. The van der Waals surface area contributed by atoms with Crippen LogP contribution in [0.2, 0.25) is 0 Å². The van der Waals surface area contributed by atoms with Gasteiger partial charge in [0.2, 0.25) is 0 Å². The highest BCUT2D eigenvalue weighted by Gasteiger charge is 2.13. The van der Waals surface area contributed by atoms with Gasteiger partial charge in [-0.25, -0.2) is 4.98 Å². The van der Waals surface area contributed by atoms with Crippen LogP contribution in [0.3, 0.4) is 0 Å². The minimum atomic E-state index is 0.325. The van der Waals surface area contributed by atoms with E-state index in [0.29, 0.717) is 42.5 Å². The van der Waals surface area contributed by atoms with E-state index in [2.05, 4.69) is 28.2 Å². The van der Waals surface area contributed by atoms with E-state index in [4.69, 9.17) is 14.2 Å². The van der Waals surface area contributed by atoms with E-state index in [1.807, 2.05) is 38.1 Å². The van der Waals surface area contributed by atoms with Crippen molar-refractivity contribution in [3.05, 3.63) is 58.8 Å². The molecular weight excluding hydrogens is 368 g/mol. The zero-order chi connectivity index (χ0) is 21.2. The Kier molecular flexibility index (Phi) is 8.19. The Morgan fingerprint density at radius 3 is 2.69 bits per heavy atom. The molecule has 7 heteroatoms. The first-order valence-electron chi connectivity index (χ1n) is 9.21. The maximum atomic E-state index is 9.50. The van der Waals surface area contributed by atoms with Crippen LogP contribution in [0.1, 0.15) is 34.9 Å². The van der Waals surface area contributed by atoms with E-state index in [0.717, 1.165) is 22.4 Å². The van der Waals surface area contributed by atoms with Gasteiger partial charge in [0, 0.05) is 23.9 Å². The number of aryl methyl sites for hydroxylation is 1. The van der Waals surface area contributed by atoms with E-state index in [1.54, 1.807) is 20.4 Å². The summed E-state index contributed by atoms with van der Waals surface area (Å²) in [6.45, 7) is 8.45. The summed E-state index contributed by atoms with van der Waals surface area (Å²) >= 11 is 0. The Hall–Kier alpha value is -3.37. The van der Waals surface area contributed by atoms with Crippen molar-refractivity contribution in [1.29, 1.82) is 5.26 Å². The molecule has 0 aliphatic carbocycles. The zero-order valence-electron chi connectivity index (χ0n) is 17.3. The molecule has 2 aromatic rings. The second-order valence-electron chi connectivity index (χ2n) is 6.20. The molecule has 0 bridgehead atoms. The fraction of sp³-hybridized carbons (Fsp3) is 0.318. The Bertz CT molecular complexity index is 933. The number of hydrogen-bond acceptors (Lipinski definition) is 7. The second kappa shape index (κ2) is 10.8. The van der Waals surface area contributed by atoms with Gasteiger partial charge in [0.15, 0.2) is 17.3 Å². The Balaban J connectivity index is 2.34. The molecule has 0 amide bonds. The smallest absolute Gasteiger partial charge is 0.164 e. The van der Waals surface area contributed by atoms with Crippen molar-refractivity contribution in [1.82, 2.24) is 4.98 Å². The van der Waals surface area contributed by atoms with Crippen LogP contribution in [0, 0.1) is 18.3 Å². The van der Waals surface area contributed by atoms with Gasteiger partial charge in [0.1, 0.15) is 11.6 Å². The van der Waals surface area contributed by atoms with E-state index in [9.17, 15) is 5.26 Å². The molecule has 0 aliphatic rings. The van der Waals surface area contributed by atoms with Crippen LogP contribution in [-0.4, -0.2) is 32.0 Å². The van der Waals surface area contributed by atoms with Crippen LogP contribution in [0.4, 0.5) is 5.82 Å². The van der Waals surface area contributed by atoms with E-state index >= 15 is 0 Å². The fourth-order valence-electron chi connectivity index (χ4n) is 2.91. The van der Waals surface area contributed by atoms with Crippen LogP contribution in [0.25, 0.3) is 0 Å². The fourth-order valence-corrected chi connectivity index (χ4v) is 2.91. The van der Waals surface area contributed by atoms with Gasteiger partial charge in [-0.1, -0.05) is 6.08 Å². The van der Waals surface area contributed by atoms with Gasteiger partial charge in [-0.2, -0.15) is 10.4 Å². The third-order valence-electron chi connectivity index (χ3n) is 4.05. The molecule has 0 spiro atoms. The molecule has 152 valence electrons. The minimum absolute atomic E-state index is 0.325. The monoisotopic (exact) mass is 394 g/mol. The number of benzene rings is 1. The molecule has 1 heterocycles. The Morgan fingerprint density at radius 2 is 2.07 bits per heavy atom. The SMILES string of the molecule is C=CCc1cc(/C=N\Nc2nc(C)cc(COC)c2C#N)cc(OC)c1OCC. The molecule has 1 N–H and O–H groups in total. The number of ether oxygens (including phenoxy) is 3. The van der Waals surface area contributed by atoms with Crippen molar-refractivity contribution in [2.75, 3.05) is 26.3 Å². The van der Waals surface area contributed by atoms with Gasteiger partial charge < -0.3 is 14.2 Å². The molecule has 0 fully saturated rings. The number of allylic oxidation sites excluding steroid dienone is 1. The summed E-state index contributed by atoms with van der Waals surface area (Å²) in [4.78, 5) is 4.38. The Labute approximate surface area is 171 Å². The average Bonchev–Trinajstić information content (AvgIpc) is 2.70. The maximum absolute atomic E-state index is 9.50. The molecular formula is C22H26N4O3. The quantitative estimate of drug-likeness (QED) is 0.372. The van der Waals surface area contributed by atoms with Crippen LogP contribution in [0.5, 0.6) is 11.5 Å². The molecule has 1 aromatic heterocycles. The standard InChI is InChI=1S/C22H26N4O3/c1-6-8-17-10-16(11-20(28-5)21(17)29-7-2)13-24-26-22-19(12-23)18(14-27-4)9-15(3)25-22/h6,9-11,13H,1,7-8,14H2,2-5H3,(H,25,26)/b24-13-. The first kappa shape index (κ1) is 21.9. The highest BCUT2D eigenvalue weighted by Crippen LogP contribution is 2.33. The Morgan fingerprint density at radius 1 is 1.28 bits per heavy atom. The lowest BCUT2D eigenvalue weighted by atomic mass is 10.1. The van der Waals surface area contributed by atoms with Crippen molar-refractivity contribution < 1.29 is 14.2 Å². The molecule has 29 heavy (non-hydrogen) atoms. The van der Waals surface area contributed by atoms with Crippen molar-refractivity contribution in [3.8, 4) is 17.6 Å². The van der Waals surface area contributed by atoms with Gasteiger partial charge >= 0.3 is 0 Å². The molecule has 0 radical (unpaired) electrons. The largest absolute Gasteiger partial charge is 0.493 e. The number of hydrazone groups is 1. The van der Waals surface area contributed by atoms with Gasteiger partial charge in [-0.3, -0.25) is 5.43 Å². The van der Waals surface area contributed by atoms with E-state index in [-0.39, 0.29) is 0 Å². The zero-order valence-corrected chi connectivity index (χ0v) is 17.3. The first-order valence-corrected chi connectivity index (χ1v) is 9.21. The number of nitriles is 1. The topological polar surface area (TPSA) is 88.8 Å². The number of hydrogen-bond donors (Lipinski definition) is 1. The maximum Gasteiger partial charge on any atom is 0.164 e. The molecule has 1 aromatic carbocycles. The summed E-state index contributed by atoms with van der Waals surface area (Å²) in [6.07, 6.45) is 4.09. The van der Waals surface area contributed by atoms with E-state index in [1.165, 1.54) is 0 Å². The summed E-state index contributed by atoms with van der Waals surface area (Å²) in [5, 5.41) is 13.8. The van der Waals surface area contributed by atoms with Crippen molar-refractivity contribution in [2.24, 2.45) is 5.10 Å². The van der Waals surface area contributed by atoms with Gasteiger partial charge in [0.25, 0.3) is 0 Å². The third kappa shape index (κ3) is 5.56. The number of anilines is 1. The van der Waals surface area contributed by atoms with Gasteiger partial charge in [-0.15, -0.1) is 6.58 Å². The number of nitrogens with zero attached hydrogens (tertiary/aromatic N) is 3. The number of nitrogens with one attached hydrogen (secondary N) is 1. The molecule has 0 unspecified atom stereocenters. The summed E-state index contributed by atoms with van der Waals surface area (Å²) in [7, 11) is 3.18. The highest BCUT2D eigenvalue weighted by atomic mass is 16.5. The van der Waals surface area contributed by atoms with Gasteiger partial charge in [0.05, 0.1) is 26.5 Å². The lowest BCUT2D eigenvalue weighted by molar-refractivity contribution is 0.184. The van der Waals surface area contributed by atoms with Crippen LogP contribution in [0.15, 0.2) is 36.0 Å². The third-order valence-corrected chi connectivity index (χ3v) is 4.05. The number of rotatable bonds is 10. The molecule has 7 nitrogen and oxygen atoms in total. The lowest BCUT2D eigenvalue weighted by Gasteiger charge is -2.14. The lowest BCUT2D eigenvalue weighted by Crippen LogP contribution is -2.04. The van der Waals surface area contributed by atoms with Crippen molar-refractivity contribution >= 4 is 12.0 Å². The normalized spacial score (nSPS) is 10.6. The van der Waals surface area contributed by atoms with Crippen LogP contribution < -0.4 is 14.9 Å². The molecule has 0 saturated carbocycles. The first-order chi connectivity index (χ1) is 14.1. The number of aromatic nitrogens is 1. The summed E-state index contributed by atoms with van der Waals surface area (Å²) in [6, 6.07) is 7.80. The van der Waals surface area contributed by atoms with Crippen LogP contribution >= 0.6 is 0 Å². The molecule has 0 atom stereocenters.